The summed E-state index contributed by atoms with van der Waals surface area (Å²) in [6.45, 7) is 9.21. The average molecular weight is 673 g/mol. The molecule has 4 aromatic rings. The second kappa shape index (κ2) is 16.9. The van der Waals surface area contributed by atoms with Gasteiger partial charge >= 0.3 is 6.09 Å². The molecular formula is C37H48N6O6. The molecule has 0 aliphatic carbocycles. The number of carbonyl (C=O) groups excluding carboxylic acids is 3. The highest BCUT2D eigenvalue weighted by Gasteiger charge is 2.37. The normalized spacial score (nSPS) is 14.0. The van der Waals surface area contributed by atoms with Crippen molar-refractivity contribution in [2.45, 2.75) is 84.0 Å². The summed E-state index contributed by atoms with van der Waals surface area (Å²) in [5, 5.41) is 23.6. The molecule has 0 aliphatic rings. The first kappa shape index (κ1) is 36.9. The Balaban J connectivity index is 1.56. The Bertz CT molecular complexity index is 1640. The van der Waals surface area contributed by atoms with Crippen molar-refractivity contribution >= 4 is 28.9 Å². The summed E-state index contributed by atoms with van der Waals surface area (Å²) in [4.78, 5) is 48.2. The number of nitrogens with zero attached hydrogens (tertiary/aromatic N) is 1. The fourth-order valence-corrected chi connectivity index (χ4v) is 5.30. The van der Waals surface area contributed by atoms with Crippen LogP contribution in [0.5, 0.6) is 5.75 Å². The summed E-state index contributed by atoms with van der Waals surface area (Å²) in [7, 11) is 1.58. The number of methoxy groups -OCH3 is 1. The van der Waals surface area contributed by atoms with E-state index < -0.39 is 47.7 Å². The molecule has 3 amide bonds. The first-order valence-corrected chi connectivity index (χ1v) is 16.4. The number of H-pyrrole nitrogens is 1. The molecule has 0 saturated carbocycles. The first-order chi connectivity index (χ1) is 23.3. The van der Waals surface area contributed by atoms with Crippen LogP contribution in [0.2, 0.25) is 0 Å². The van der Waals surface area contributed by atoms with Crippen LogP contribution in [-0.4, -0.2) is 69.9 Å². The van der Waals surface area contributed by atoms with E-state index in [1.807, 2.05) is 80.6 Å². The van der Waals surface area contributed by atoms with Gasteiger partial charge in [0.15, 0.2) is 0 Å². The molecule has 12 nitrogen and oxygen atoms in total. The maximum absolute atomic E-state index is 14.1. The van der Waals surface area contributed by atoms with Gasteiger partial charge in [-0.15, -0.1) is 0 Å². The van der Waals surface area contributed by atoms with E-state index >= 15 is 0 Å². The lowest BCUT2D eigenvalue weighted by atomic mass is 9.94. The molecule has 0 spiro atoms. The molecule has 49 heavy (non-hydrogen) atoms. The van der Waals surface area contributed by atoms with Gasteiger partial charge in [0.25, 0.3) is 0 Å². The zero-order valence-corrected chi connectivity index (χ0v) is 28.9. The Morgan fingerprint density at radius 3 is 2.14 bits per heavy atom. The predicted octanol–water partition coefficient (Wildman–Crippen LogP) is 3.98. The molecule has 3 aromatic carbocycles. The zero-order valence-electron chi connectivity index (χ0n) is 28.9. The van der Waals surface area contributed by atoms with E-state index in [0.29, 0.717) is 11.6 Å². The van der Waals surface area contributed by atoms with Crippen LogP contribution >= 0.6 is 0 Å². The number of imidazole rings is 1. The third kappa shape index (κ3) is 11.0. The second-order valence-electron chi connectivity index (χ2n) is 13.3. The van der Waals surface area contributed by atoms with Crippen molar-refractivity contribution in [2.24, 2.45) is 5.92 Å². The summed E-state index contributed by atoms with van der Waals surface area (Å²) in [6.07, 6.45) is -1.95. The number of fused-ring (bicyclic) bond motifs is 1. The molecule has 1 aromatic heterocycles. The van der Waals surface area contributed by atoms with Gasteiger partial charge in [-0.25, -0.2) is 9.78 Å². The van der Waals surface area contributed by atoms with Crippen molar-refractivity contribution in [3.63, 3.8) is 0 Å². The number of rotatable bonds is 15. The smallest absolute Gasteiger partial charge is 0.407 e. The SMILES string of the molecule is COc1ccc(CN[C@@H](C(=O)N[C@H](C(=O)NCc2nc3ccccc3[nH]2)C(C)C)[C@@H](O)[C@H](Cc2ccccc2)NC(=O)OC(C)(C)C)cc1. The summed E-state index contributed by atoms with van der Waals surface area (Å²) in [6, 6.07) is 21.1. The standard InChI is InChI=1S/C37H48N6O6/c1-23(2)31(34(45)39-22-30-40-27-14-10-11-15-28(27)41-30)43-35(46)32(38-21-25-16-18-26(48-6)19-17-25)33(44)29(20-24-12-8-7-9-13-24)42-36(47)49-37(3,4)5/h7-19,23,29,31-33,38,44H,20-22H2,1-6H3,(H,39,45)(H,40,41)(H,42,47)(H,43,46)/t29-,31-,32+,33-/m0/s1. The summed E-state index contributed by atoms with van der Waals surface area (Å²) < 4.78 is 10.8. The Kier molecular flexibility index (Phi) is 12.8. The van der Waals surface area contributed by atoms with E-state index in [9.17, 15) is 19.5 Å². The van der Waals surface area contributed by atoms with Crippen LogP contribution in [0.4, 0.5) is 4.79 Å². The molecule has 1 heterocycles. The number of aliphatic hydroxyl groups excluding tert-OH is 1. The lowest BCUT2D eigenvalue weighted by Crippen LogP contribution is -2.62. The Labute approximate surface area is 287 Å². The van der Waals surface area contributed by atoms with E-state index in [4.69, 9.17) is 9.47 Å². The van der Waals surface area contributed by atoms with Crippen LogP contribution in [-0.2, 0) is 33.8 Å². The second-order valence-corrected chi connectivity index (χ2v) is 13.3. The third-order valence-corrected chi connectivity index (χ3v) is 7.84. The molecule has 0 fully saturated rings. The topological polar surface area (TPSA) is 167 Å². The minimum atomic E-state index is -1.43. The molecule has 12 heteroatoms. The lowest BCUT2D eigenvalue weighted by Gasteiger charge is -2.33. The number of amides is 3. The van der Waals surface area contributed by atoms with Crippen LogP contribution in [0.1, 0.15) is 51.6 Å². The van der Waals surface area contributed by atoms with Crippen molar-refractivity contribution < 1.29 is 29.0 Å². The highest BCUT2D eigenvalue weighted by Crippen LogP contribution is 2.16. The monoisotopic (exact) mass is 672 g/mol. The van der Waals surface area contributed by atoms with Gasteiger partial charge in [0.1, 0.15) is 29.3 Å². The summed E-state index contributed by atoms with van der Waals surface area (Å²) >= 11 is 0. The minimum Gasteiger partial charge on any atom is -0.497 e. The van der Waals surface area contributed by atoms with Gasteiger partial charge in [-0.1, -0.05) is 68.4 Å². The van der Waals surface area contributed by atoms with Crippen molar-refractivity contribution in [3.05, 3.63) is 95.8 Å². The number of para-hydroxylation sites is 2. The molecule has 4 rings (SSSR count). The van der Waals surface area contributed by atoms with Crippen molar-refractivity contribution in [2.75, 3.05) is 7.11 Å². The number of ether oxygens (including phenoxy) is 2. The first-order valence-electron chi connectivity index (χ1n) is 16.4. The Hall–Kier alpha value is -4.94. The maximum atomic E-state index is 14.1. The van der Waals surface area contributed by atoms with Gasteiger partial charge in [-0.2, -0.15) is 0 Å². The third-order valence-electron chi connectivity index (χ3n) is 7.84. The van der Waals surface area contributed by atoms with Crippen LogP contribution in [0.15, 0.2) is 78.9 Å². The van der Waals surface area contributed by atoms with E-state index in [1.54, 1.807) is 40.0 Å². The molecule has 0 saturated heterocycles. The largest absolute Gasteiger partial charge is 0.497 e. The van der Waals surface area contributed by atoms with E-state index in [0.717, 1.165) is 22.2 Å². The number of aromatic amines is 1. The average Bonchev–Trinajstić information content (AvgIpc) is 3.49. The summed E-state index contributed by atoms with van der Waals surface area (Å²) in [5.41, 5.74) is 2.52. The summed E-state index contributed by atoms with van der Waals surface area (Å²) in [5.74, 6) is -0.0487. The number of hydrogen-bond acceptors (Lipinski definition) is 8. The van der Waals surface area contributed by atoms with Crippen LogP contribution in [0.3, 0.4) is 0 Å². The molecular weight excluding hydrogens is 624 g/mol. The Morgan fingerprint density at radius 1 is 0.837 bits per heavy atom. The predicted molar refractivity (Wildman–Crippen MR) is 188 cm³/mol. The molecule has 0 radical (unpaired) electrons. The number of nitrogens with one attached hydrogen (secondary N) is 5. The van der Waals surface area contributed by atoms with Gasteiger partial charge in [0.05, 0.1) is 36.8 Å². The van der Waals surface area contributed by atoms with E-state index in [2.05, 4.69) is 31.2 Å². The van der Waals surface area contributed by atoms with Crippen molar-refractivity contribution in [1.82, 2.24) is 31.2 Å². The number of hydrogen-bond donors (Lipinski definition) is 6. The quantitative estimate of drug-likeness (QED) is 0.110. The van der Waals surface area contributed by atoms with Crippen LogP contribution in [0.25, 0.3) is 11.0 Å². The Morgan fingerprint density at radius 2 is 1.51 bits per heavy atom. The highest BCUT2D eigenvalue weighted by molar-refractivity contribution is 5.90. The molecule has 0 unspecified atom stereocenters. The number of aliphatic hydroxyl groups is 1. The molecule has 262 valence electrons. The number of carbonyl (C=O) groups is 3. The molecule has 0 bridgehead atoms. The maximum Gasteiger partial charge on any atom is 0.407 e. The number of aromatic nitrogens is 2. The molecule has 6 N–H and O–H groups in total. The number of alkyl carbamates (subject to hydrolysis) is 1. The number of benzene rings is 3. The van der Waals surface area contributed by atoms with Crippen LogP contribution < -0.4 is 26.0 Å². The van der Waals surface area contributed by atoms with Crippen LogP contribution in [0, 0.1) is 5.92 Å². The van der Waals surface area contributed by atoms with Gasteiger partial charge < -0.3 is 35.5 Å². The van der Waals surface area contributed by atoms with Gasteiger partial charge in [-0.3, -0.25) is 14.9 Å². The fraction of sp³-hybridized carbons (Fsp3) is 0.405. The van der Waals surface area contributed by atoms with Gasteiger partial charge in [0.2, 0.25) is 11.8 Å². The lowest BCUT2D eigenvalue weighted by molar-refractivity contribution is -0.133. The molecule has 0 aliphatic heterocycles. The minimum absolute atomic E-state index is 0.132. The van der Waals surface area contributed by atoms with Crippen molar-refractivity contribution in [3.8, 4) is 5.75 Å². The van der Waals surface area contributed by atoms with Gasteiger partial charge in [0, 0.05) is 6.54 Å². The van der Waals surface area contributed by atoms with Gasteiger partial charge in [-0.05, 0) is 68.5 Å². The molecule has 4 atom stereocenters. The van der Waals surface area contributed by atoms with Crippen molar-refractivity contribution in [1.29, 1.82) is 0 Å². The highest BCUT2D eigenvalue weighted by atomic mass is 16.6. The zero-order chi connectivity index (χ0) is 35.6. The van der Waals surface area contributed by atoms with E-state index in [1.165, 1.54) is 0 Å². The van der Waals surface area contributed by atoms with E-state index in [-0.39, 0.29) is 25.4 Å². The fourth-order valence-electron chi connectivity index (χ4n) is 5.30.